The van der Waals surface area contributed by atoms with Crippen molar-refractivity contribution in [1.29, 1.82) is 0 Å². The Morgan fingerprint density at radius 2 is 1.88 bits per heavy atom. The predicted octanol–water partition coefficient (Wildman–Crippen LogP) is 4.39. The Bertz CT molecular complexity index is 784. The van der Waals surface area contributed by atoms with E-state index in [2.05, 4.69) is 50.2 Å². The SMILES string of the molecule is CCc1ccc(Cc2cc3c(cc2C)CO[C@@]32CC(O)CC(C)O2)cc1. The first kappa shape index (κ1) is 17.7. The zero-order valence-electron chi connectivity index (χ0n) is 15.9. The summed E-state index contributed by atoms with van der Waals surface area (Å²) in [6, 6.07) is 13.3. The fourth-order valence-electron chi connectivity index (χ4n) is 4.33. The van der Waals surface area contributed by atoms with E-state index < -0.39 is 5.79 Å². The van der Waals surface area contributed by atoms with Gasteiger partial charge < -0.3 is 14.6 Å². The van der Waals surface area contributed by atoms with Crippen molar-refractivity contribution in [3.05, 3.63) is 69.8 Å². The van der Waals surface area contributed by atoms with E-state index in [1.807, 2.05) is 6.92 Å². The molecular weight excluding hydrogens is 324 g/mol. The highest BCUT2D eigenvalue weighted by atomic mass is 16.7. The highest BCUT2D eigenvalue weighted by Gasteiger charge is 2.47. The van der Waals surface area contributed by atoms with Crippen LogP contribution in [-0.4, -0.2) is 17.3 Å². The highest BCUT2D eigenvalue weighted by Crippen LogP contribution is 2.46. The number of hydrogen-bond donors (Lipinski definition) is 1. The van der Waals surface area contributed by atoms with Crippen LogP contribution in [0.5, 0.6) is 0 Å². The standard InChI is InChI=1S/C23H28O3/c1-4-17-5-7-18(8-6-17)11-19-12-22-20(9-15(19)2)14-25-23(22)13-21(24)10-16(3)26-23/h5-9,12,16,21,24H,4,10-11,13-14H2,1-3H3/t16?,21?,23-/m1/s1. The smallest absolute Gasteiger partial charge is 0.198 e. The molecule has 0 amide bonds. The Balaban J connectivity index is 1.67. The van der Waals surface area contributed by atoms with Gasteiger partial charge >= 0.3 is 0 Å². The summed E-state index contributed by atoms with van der Waals surface area (Å²) in [5.41, 5.74) is 7.56. The number of fused-ring (bicyclic) bond motifs is 2. The summed E-state index contributed by atoms with van der Waals surface area (Å²) in [5, 5.41) is 10.3. The average molecular weight is 352 g/mol. The minimum Gasteiger partial charge on any atom is -0.393 e. The molecule has 0 aliphatic carbocycles. The van der Waals surface area contributed by atoms with Gasteiger partial charge in [-0.25, -0.2) is 0 Å². The van der Waals surface area contributed by atoms with E-state index in [1.54, 1.807) is 0 Å². The zero-order valence-corrected chi connectivity index (χ0v) is 15.9. The number of aryl methyl sites for hydroxylation is 2. The highest BCUT2D eigenvalue weighted by molar-refractivity contribution is 5.44. The van der Waals surface area contributed by atoms with Gasteiger partial charge in [-0.1, -0.05) is 37.3 Å². The Kier molecular flexibility index (Phi) is 4.64. The van der Waals surface area contributed by atoms with Crippen molar-refractivity contribution in [3.63, 3.8) is 0 Å². The topological polar surface area (TPSA) is 38.7 Å². The summed E-state index contributed by atoms with van der Waals surface area (Å²) in [6.07, 6.45) is 2.76. The van der Waals surface area contributed by atoms with Crippen molar-refractivity contribution >= 4 is 0 Å². The second-order valence-corrected chi connectivity index (χ2v) is 7.85. The third-order valence-corrected chi connectivity index (χ3v) is 5.76. The average Bonchev–Trinajstić information content (AvgIpc) is 2.91. The Morgan fingerprint density at radius 3 is 2.58 bits per heavy atom. The second kappa shape index (κ2) is 6.80. The molecule has 3 nitrogen and oxygen atoms in total. The van der Waals surface area contributed by atoms with Gasteiger partial charge in [0.15, 0.2) is 5.79 Å². The van der Waals surface area contributed by atoms with E-state index in [1.165, 1.54) is 27.8 Å². The van der Waals surface area contributed by atoms with E-state index >= 15 is 0 Å². The van der Waals surface area contributed by atoms with Crippen LogP contribution in [0.25, 0.3) is 0 Å². The molecule has 0 radical (unpaired) electrons. The van der Waals surface area contributed by atoms with E-state index in [0.29, 0.717) is 19.4 Å². The van der Waals surface area contributed by atoms with Crippen LogP contribution in [0.15, 0.2) is 36.4 Å². The summed E-state index contributed by atoms with van der Waals surface area (Å²) < 4.78 is 12.3. The lowest BCUT2D eigenvalue weighted by molar-refractivity contribution is -0.295. The summed E-state index contributed by atoms with van der Waals surface area (Å²) in [7, 11) is 0. The first-order chi connectivity index (χ1) is 12.5. The fourth-order valence-corrected chi connectivity index (χ4v) is 4.33. The van der Waals surface area contributed by atoms with Gasteiger partial charge in [0, 0.05) is 12.0 Å². The third kappa shape index (κ3) is 3.20. The minimum atomic E-state index is -0.777. The fraction of sp³-hybridized carbons (Fsp3) is 0.478. The molecule has 2 aromatic carbocycles. The molecule has 2 aromatic rings. The molecule has 0 saturated carbocycles. The first-order valence-corrected chi connectivity index (χ1v) is 9.69. The van der Waals surface area contributed by atoms with Crippen molar-refractivity contribution in [2.75, 3.05) is 0 Å². The molecule has 2 aliphatic heterocycles. The number of aliphatic hydroxyl groups excluding tert-OH is 1. The van der Waals surface area contributed by atoms with Crippen molar-refractivity contribution < 1.29 is 14.6 Å². The third-order valence-electron chi connectivity index (χ3n) is 5.76. The Labute approximate surface area is 156 Å². The van der Waals surface area contributed by atoms with E-state index in [9.17, 15) is 5.11 Å². The molecule has 26 heavy (non-hydrogen) atoms. The quantitative estimate of drug-likeness (QED) is 0.890. The molecule has 4 rings (SSSR count). The lowest BCUT2D eigenvalue weighted by atomic mass is 9.88. The maximum absolute atomic E-state index is 10.3. The number of rotatable bonds is 3. The minimum absolute atomic E-state index is 0.00367. The molecule has 0 bridgehead atoms. The first-order valence-electron chi connectivity index (χ1n) is 9.69. The van der Waals surface area contributed by atoms with Gasteiger partial charge in [-0.3, -0.25) is 0 Å². The molecular formula is C23H28O3. The Morgan fingerprint density at radius 1 is 1.15 bits per heavy atom. The van der Waals surface area contributed by atoms with Gasteiger partial charge in [0.1, 0.15) is 0 Å². The lowest BCUT2D eigenvalue weighted by Gasteiger charge is -2.39. The van der Waals surface area contributed by atoms with Crippen molar-refractivity contribution in [1.82, 2.24) is 0 Å². The normalized spacial score (nSPS) is 27.7. The summed E-state index contributed by atoms with van der Waals surface area (Å²) in [4.78, 5) is 0. The van der Waals surface area contributed by atoms with Crippen molar-refractivity contribution in [3.8, 4) is 0 Å². The van der Waals surface area contributed by atoms with Crippen LogP contribution in [0.4, 0.5) is 0 Å². The summed E-state index contributed by atoms with van der Waals surface area (Å²) >= 11 is 0. The number of benzene rings is 2. The molecule has 1 fully saturated rings. The molecule has 3 heteroatoms. The van der Waals surface area contributed by atoms with Gasteiger partial charge in [0.05, 0.1) is 18.8 Å². The molecule has 1 N–H and O–H groups in total. The van der Waals surface area contributed by atoms with Gasteiger partial charge in [-0.2, -0.15) is 0 Å². The largest absolute Gasteiger partial charge is 0.393 e. The molecule has 1 spiro atoms. The molecule has 3 atom stereocenters. The molecule has 1 saturated heterocycles. The molecule has 2 heterocycles. The lowest BCUT2D eigenvalue weighted by Crippen LogP contribution is -2.43. The van der Waals surface area contributed by atoms with Gasteiger partial charge in [0.25, 0.3) is 0 Å². The second-order valence-electron chi connectivity index (χ2n) is 7.85. The van der Waals surface area contributed by atoms with Crippen molar-refractivity contribution in [2.24, 2.45) is 0 Å². The van der Waals surface area contributed by atoms with E-state index in [4.69, 9.17) is 9.47 Å². The summed E-state index contributed by atoms with van der Waals surface area (Å²) in [6.45, 7) is 6.91. The Hall–Kier alpha value is -1.68. The van der Waals surface area contributed by atoms with Crippen LogP contribution in [0, 0.1) is 6.92 Å². The number of aliphatic hydroxyl groups is 1. The maximum atomic E-state index is 10.3. The monoisotopic (exact) mass is 352 g/mol. The maximum Gasteiger partial charge on any atom is 0.198 e. The number of hydrogen-bond acceptors (Lipinski definition) is 3. The van der Waals surface area contributed by atoms with Gasteiger partial charge in [0.2, 0.25) is 0 Å². The van der Waals surface area contributed by atoms with Crippen LogP contribution >= 0.6 is 0 Å². The van der Waals surface area contributed by atoms with E-state index in [-0.39, 0.29) is 12.2 Å². The van der Waals surface area contributed by atoms with E-state index in [0.717, 1.165) is 18.4 Å². The van der Waals surface area contributed by atoms with Crippen LogP contribution in [-0.2, 0) is 34.7 Å². The van der Waals surface area contributed by atoms with Crippen molar-refractivity contribution in [2.45, 2.75) is 71.1 Å². The van der Waals surface area contributed by atoms with Gasteiger partial charge in [-0.15, -0.1) is 0 Å². The van der Waals surface area contributed by atoms with Gasteiger partial charge in [-0.05, 0) is 67.0 Å². The predicted molar refractivity (Wildman–Crippen MR) is 102 cm³/mol. The number of ether oxygens (including phenoxy) is 2. The molecule has 2 aliphatic rings. The van der Waals surface area contributed by atoms with Crippen LogP contribution < -0.4 is 0 Å². The van der Waals surface area contributed by atoms with Crippen LogP contribution in [0.3, 0.4) is 0 Å². The molecule has 0 aromatic heterocycles. The van der Waals surface area contributed by atoms with Crippen LogP contribution in [0.1, 0.15) is 60.1 Å². The summed E-state index contributed by atoms with van der Waals surface area (Å²) in [5.74, 6) is -0.777. The molecule has 2 unspecified atom stereocenters. The zero-order chi connectivity index (χ0) is 18.3. The molecule has 138 valence electrons. The van der Waals surface area contributed by atoms with Crippen LogP contribution in [0.2, 0.25) is 0 Å².